The first kappa shape index (κ1) is 11.3. The number of hydrogen-bond acceptors (Lipinski definition) is 4. The summed E-state index contributed by atoms with van der Waals surface area (Å²) in [6.07, 6.45) is 0.0645. The van der Waals surface area contributed by atoms with Crippen LogP contribution in [-0.2, 0) is 11.3 Å². The average Bonchev–Trinajstić information content (AvgIpc) is 2.25. The van der Waals surface area contributed by atoms with Crippen molar-refractivity contribution in [1.82, 2.24) is 14.9 Å². The van der Waals surface area contributed by atoms with E-state index in [1.807, 2.05) is 13.8 Å². The average molecular weight is 223 g/mol. The third kappa shape index (κ3) is 2.48. The van der Waals surface area contributed by atoms with Crippen molar-refractivity contribution in [2.75, 3.05) is 19.7 Å². The summed E-state index contributed by atoms with van der Waals surface area (Å²) in [7, 11) is 0. The molecule has 0 radical (unpaired) electrons. The van der Waals surface area contributed by atoms with Gasteiger partial charge in [-0.1, -0.05) is 0 Å². The second-order valence-corrected chi connectivity index (χ2v) is 4.09. The minimum absolute atomic E-state index is 0.000765. The van der Waals surface area contributed by atoms with Gasteiger partial charge in [0.25, 0.3) is 5.56 Å². The molecule has 1 aromatic rings. The zero-order valence-corrected chi connectivity index (χ0v) is 9.69. The molecule has 1 aliphatic rings. The Bertz CT molecular complexity index is 422. The molecule has 5 nitrogen and oxygen atoms in total. The van der Waals surface area contributed by atoms with Crippen LogP contribution < -0.4 is 10.9 Å². The number of hydrogen-bond donors (Lipinski definition) is 1. The summed E-state index contributed by atoms with van der Waals surface area (Å²) < 4.78 is 7.24. The zero-order valence-electron chi connectivity index (χ0n) is 9.69. The van der Waals surface area contributed by atoms with Crippen molar-refractivity contribution in [1.29, 1.82) is 0 Å². The highest BCUT2D eigenvalue weighted by Crippen LogP contribution is 2.01. The molecule has 1 aliphatic heterocycles. The Morgan fingerprint density at radius 3 is 3.06 bits per heavy atom. The van der Waals surface area contributed by atoms with Gasteiger partial charge in [0, 0.05) is 24.8 Å². The molecule has 0 spiro atoms. The van der Waals surface area contributed by atoms with Crippen molar-refractivity contribution < 1.29 is 4.74 Å². The molecule has 0 saturated carbocycles. The molecule has 2 rings (SSSR count). The van der Waals surface area contributed by atoms with Gasteiger partial charge in [-0.15, -0.1) is 0 Å². The standard InChI is InChI=1S/C11H17N3O2/c1-8-5-11(15)14(9(2)13-8)7-10-6-12-3-4-16-10/h5,10,12H,3-4,6-7H2,1-2H3. The third-order valence-corrected chi connectivity index (χ3v) is 2.72. The van der Waals surface area contributed by atoms with Gasteiger partial charge >= 0.3 is 0 Å². The van der Waals surface area contributed by atoms with Crippen LogP contribution in [0.4, 0.5) is 0 Å². The molecule has 0 aromatic carbocycles. The van der Waals surface area contributed by atoms with E-state index in [4.69, 9.17) is 4.74 Å². The quantitative estimate of drug-likeness (QED) is 0.757. The molecule has 0 amide bonds. The summed E-state index contributed by atoms with van der Waals surface area (Å²) in [5.74, 6) is 0.749. The van der Waals surface area contributed by atoms with E-state index in [0.717, 1.165) is 24.6 Å². The van der Waals surface area contributed by atoms with Gasteiger partial charge in [0.05, 0.1) is 19.3 Å². The van der Waals surface area contributed by atoms with Gasteiger partial charge in [-0.3, -0.25) is 9.36 Å². The largest absolute Gasteiger partial charge is 0.374 e. The van der Waals surface area contributed by atoms with Crippen LogP contribution >= 0.6 is 0 Å². The molecule has 88 valence electrons. The highest BCUT2D eigenvalue weighted by molar-refractivity contribution is 5.01. The summed E-state index contributed by atoms with van der Waals surface area (Å²) >= 11 is 0. The van der Waals surface area contributed by atoms with Crippen LogP contribution in [0, 0.1) is 13.8 Å². The van der Waals surface area contributed by atoms with Crippen molar-refractivity contribution in [2.45, 2.75) is 26.5 Å². The molecule has 0 aliphatic carbocycles. The predicted molar refractivity (Wildman–Crippen MR) is 60.6 cm³/mol. The molecule has 16 heavy (non-hydrogen) atoms. The monoisotopic (exact) mass is 223 g/mol. The minimum atomic E-state index is -0.000765. The van der Waals surface area contributed by atoms with Crippen molar-refractivity contribution in [3.63, 3.8) is 0 Å². The Balaban J connectivity index is 2.17. The summed E-state index contributed by atoms with van der Waals surface area (Å²) in [5, 5.41) is 3.24. The molecule has 0 bridgehead atoms. The highest BCUT2D eigenvalue weighted by Gasteiger charge is 2.15. The molecule has 1 fully saturated rings. The number of aromatic nitrogens is 2. The van der Waals surface area contributed by atoms with Gasteiger partial charge in [0.1, 0.15) is 5.82 Å². The van der Waals surface area contributed by atoms with E-state index in [9.17, 15) is 4.79 Å². The molecule has 2 heterocycles. The normalized spacial score (nSPS) is 21.0. The second kappa shape index (κ2) is 4.76. The van der Waals surface area contributed by atoms with Gasteiger partial charge in [0.2, 0.25) is 0 Å². The Hall–Kier alpha value is -1.20. The van der Waals surface area contributed by atoms with Gasteiger partial charge in [-0.25, -0.2) is 4.98 Å². The Labute approximate surface area is 94.5 Å². The van der Waals surface area contributed by atoms with Crippen LogP contribution in [0.15, 0.2) is 10.9 Å². The number of aryl methyl sites for hydroxylation is 2. The lowest BCUT2D eigenvalue weighted by atomic mass is 10.3. The maximum absolute atomic E-state index is 11.8. The second-order valence-electron chi connectivity index (χ2n) is 4.09. The first-order chi connectivity index (χ1) is 7.66. The van der Waals surface area contributed by atoms with E-state index in [0.29, 0.717) is 13.2 Å². The summed E-state index contributed by atoms with van der Waals surface area (Å²) in [5.41, 5.74) is 0.764. The first-order valence-electron chi connectivity index (χ1n) is 5.54. The molecular weight excluding hydrogens is 206 g/mol. The van der Waals surface area contributed by atoms with Gasteiger partial charge in [-0.05, 0) is 13.8 Å². The van der Waals surface area contributed by atoms with E-state index >= 15 is 0 Å². The Morgan fingerprint density at radius 1 is 1.62 bits per heavy atom. The van der Waals surface area contributed by atoms with Crippen molar-refractivity contribution in [2.24, 2.45) is 0 Å². The van der Waals surface area contributed by atoms with Crippen LogP contribution in [0.5, 0.6) is 0 Å². The topological polar surface area (TPSA) is 56.2 Å². The lowest BCUT2D eigenvalue weighted by Crippen LogP contribution is -2.42. The van der Waals surface area contributed by atoms with E-state index in [1.165, 1.54) is 0 Å². The van der Waals surface area contributed by atoms with Crippen molar-refractivity contribution in [3.05, 3.63) is 27.9 Å². The molecule has 1 aromatic heterocycles. The van der Waals surface area contributed by atoms with Gasteiger partial charge < -0.3 is 10.1 Å². The number of ether oxygens (including phenoxy) is 1. The zero-order chi connectivity index (χ0) is 11.5. The summed E-state index contributed by atoms with van der Waals surface area (Å²) in [6.45, 7) is 6.64. The van der Waals surface area contributed by atoms with Crippen LogP contribution in [0.25, 0.3) is 0 Å². The van der Waals surface area contributed by atoms with Crippen LogP contribution in [0.1, 0.15) is 11.5 Å². The smallest absolute Gasteiger partial charge is 0.253 e. The SMILES string of the molecule is Cc1cc(=O)n(CC2CNCCO2)c(C)n1. The number of nitrogens with zero attached hydrogens (tertiary/aromatic N) is 2. The van der Waals surface area contributed by atoms with E-state index in [2.05, 4.69) is 10.3 Å². The predicted octanol–water partition coefficient (Wildman–Crippen LogP) is -0.151. The molecule has 1 unspecified atom stereocenters. The minimum Gasteiger partial charge on any atom is -0.374 e. The van der Waals surface area contributed by atoms with Crippen LogP contribution in [-0.4, -0.2) is 35.4 Å². The Morgan fingerprint density at radius 2 is 2.44 bits per heavy atom. The highest BCUT2D eigenvalue weighted by atomic mass is 16.5. The molecule has 1 atom stereocenters. The fourth-order valence-electron chi connectivity index (χ4n) is 1.93. The van der Waals surface area contributed by atoms with Crippen LogP contribution in [0.2, 0.25) is 0 Å². The Kier molecular flexibility index (Phi) is 3.36. The number of rotatable bonds is 2. The van der Waals surface area contributed by atoms with E-state index in [-0.39, 0.29) is 11.7 Å². The van der Waals surface area contributed by atoms with Crippen LogP contribution in [0.3, 0.4) is 0 Å². The first-order valence-corrected chi connectivity index (χ1v) is 5.54. The fraction of sp³-hybridized carbons (Fsp3) is 0.636. The third-order valence-electron chi connectivity index (χ3n) is 2.72. The maximum Gasteiger partial charge on any atom is 0.253 e. The van der Waals surface area contributed by atoms with E-state index < -0.39 is 0 Å². The summed E-state index contributed by atoms with van der Waals surface area (Å²) in [6, 6.07) is 1.56. The van der Waals surface area contributed by atoms with Crippen molar-refractivity contribution >= 4 is 0 Å². The number of nitrogens with one attached hydrogen (secondary N) is 1. The van der Waals surface area contributed by atoms with E-state index in [1.54, 1.807) is 10.6 Å². The maximum atomic E-state index is 11.8. The van der Waals surface area contributed by atoms with Gasteiger partial charge in [-0.2, -0.15) is 0 Å². The number of morpholine rings is 1. The summed E-state index contributed by atoms with van der Waals surface area (Å²) in [4.78, 5) is 16.1. The van der Waals surface area contributed by atoms with Crippen molar-refractivity contribution in [3.8, 4) is 0 Å². The molecule has 1 N–H and O–H groups in total. The lowest BCUT2D eigenvalue weighted by molar-refractivity contribution is 0.0170. The molecule has 5 heteroatoms. The molecule has 1 saturated heterocycles. The van der Waals surface area contributed by atoms with Gasteiger partial charge in [0.15, 0.2) is 0 Å². The fourth-order valence-corrected chi connectivity index (χ4v) is 1.93. The lowest BCUT2D eigenvalue weighted by Gasteiger charge is -2.24. The molecular formula is C11H17N3O2.